The highest BCUT2D eigenvalue weighted by atomic mass is 16.5. The second-order valence-corrected chi connectivity index (χ2v) is 7.29. The quantitative estimate of drug-likeness (QED) is 0.604. The van der Waals surface area contributed by atoms with Crippen LogP contribution in [0, 0.1) is 0 Å². The summed E-state index contributed by atoms with van der Waals surface area (Å²) in [6, 6.07) is 15.1. The van der Waals surface area contributed by atoms with Crippen molar-refractivity contribution in [3.8, 4) is 11.1 Å². The Morgan fingerprint density at radius 1 is 1.13 bits per heavy atom. The van der Waals surface area contributed by atoms with E-state index in [0.29, 0.717) is 0 Å². The Morgan fingerprint density at radius 2 is 1.71 bits per heavy atom. The zero-order chi connectivity index (χ0) is 22.4. The van der Waals surface area contributed by atoms with E-state index in [1.54, 1.807) is 6.92 Å². The average Bonchev–Trinajstić information content (AvgIpc) is 3.09. The van der Waals surface area contributed by atoms with Gasteiger partial charge in [0, 0.05) is 12.5 Å². The van der Waals surface area contributed by atoms with Gasteiger partial charge in [0.2, 0.25) is 5.91 Å². The van der Waals surface area contributed by atoms with E-state index in [4.69, 9.17) is 9.84 Å². The number of carbonyl (C=O) groups is 3. The molecule has 162 valence electrons. The molecular weight excluding hydrogens is 396 g/mol. The first kappa shape index (κ1) is 22.1. The smallest absolute Gasteiger partial charge is 0.407 e. The standard InChI is InChI=1S/C24H26N2O5/c1-3-9-21(23(29)26(4-2)14-22(27)28)25-24(30)31-15-20-18-12-7-5-10-16(18)17-11-6-8-13-19(17)20/h3,5-8,10-13,20-21H,1,4,9,14-15H2,2H3,(H,25,30)(H,27,28). The summed E-state index contributed by atoms with van der Waals surface area (Å²) in [6.45, 7) is 5.20. The van der Waals surface area contributed by atoms with Crippen LogP contribution in [0.4, 0.5) is 4.79 Å². The van der Waals surface area contributed by atoms with Gasteiger partial charge in [-0.3, -0.25) is 9.59 Å². The van der Waals surface area contributed by atoms with Gasteiger partial charge < -0.3 is 20.1 Å². The summed E-state index contributed by atoms with van der Waals surface area (Å²) in [5.41, 5.74) is 4.43. The minimum absolute atomic E-state index is 0.0918. The number of carbonyl (C=O) groups excluding carboxylic acids is 2. The number of hydrogen-bond acceptors (Lipinski definition) is 4. The first-order chi connectivity index (χ1) is 15.0. The fourth-order valence-electron chi connectivity index (χ4n) is 3.90. The van der Waals surface area contributed by atoms with Crippen LogP contribution in [0.1, 0.15) is 30.4 Å². The van der Waals surface area contributed by atoms with Crippen LogP contribution in [-0.2, 0) is 14.3 Å². The van der Waals surface area contributed by atoms with Gasteiger partial charge in [-0.1, -0.05) is 54.6 Å². The van der Waals surface area contributed by atoms with Crippen molar-refractivity contribution in [3.05, 3.63) is 72.3 Å². The molecule has 0 bridgehead atoms. The number of likely N-dealkylation sites (N-methyl/N-ethyl adjacent to an activating group) is 1. The number of fused-ring (bicyclic) bond motifs is 3. The van der Waals surface area contributed by atoms with E-state index in [1.165, 1.54) is 11.0 Å². The Hall–Kier alpha value is -3.61. The number of rotatable bonds is 9. The summed E-state index contributed by atoms with van der Waals surface area (Å²) in [4.78, 5) is 37.3. The lowest BCUT2D eigenvalue weighted by Gasteiger charge is -2.25. The molecule has 0 aromatic heterocycles. The van der Waals surface area contributed by atoms with Crippen LogP contribution in [0.5, 0.6) is 0 Å². The molecule has 0 saturated heterocycles. The summed E-state index contributed by atoms with van der Waals surface area (Å²) in [6.07, 6.45) is 0.938. The second-order valence-electron chi connectivity index (χ2n) is 7.29. The third kappa shape index (κ3) is 4.94. The molecule has 2 amide bonds. The molecule has 1 aliphatic carbocycles. The number of carboxylic acid groups (broad SMARTS) is 1. The van der Waals surface area contributed by atoms with Gasteiger partial charge in [-0.05, 0) is 35.6 Å². The van der Waals surface area contributed by atoms with Crippen molar-refractivity contribution in [2.75, 3.05) is 19.7 Å². The third-order valence-electron chi connectivity index (χ3n) is 5.36. The van der Waals surface area contributed by atoms with Crippen molar-refractivity contribution in [3.63, 3.8) is 0 Å². The number of benzene rings is 2. The van der Waals surface area contributed by atoms with Gasteiger partial charge in [-0.15, -0.1) is 6.58 Å². The van der Waals surface area contributed by atoms with Gasteiger partial charge in [0.1, 0.15) is 19.2 Å². The topological polar surface area (TPSA) is 95.9 Å². The van der Waals surface area contributed by atoms with E-state index in [0.717, 1.165) is 22.3 Å². The molecule has 7 nitrogen and oxygen atoms in total. The normalized spacial score (nSPS) is 12.9. The van der Waals surface area contributed by atoms with Crippen molar-refractivity contribution in [2.24, 2.45) is 0 Å². The molecule has 3 rings (SSSR count). The maximum atomic E-state index is 12.7. The summed E-state index contributed by atoms with van der Waals surface area (Å²) >= 11 is 0. The Bertz CT molecular complexity index is 942. The van der Waals surface area contributed by atoms with Crippen molar-refractivity contribution in [1.29, 1.82) is 0 Å². The minimum Gasteiger partial charge on any atom is -0.480 e. The van der Waals surface area contributed by atoms with Gasteiger partial charge in [0.05, 0.1) is 0 Å². The molecule has 2 N–H and O–H groups in total. The molecule has 0 fully saturated rings. The highest BCUT2D eigenvalue weighted by Crippen LogP contribution is 2.44. The number of nitrogens with zero attached hydrogens (tertiary/aromatic N) is 1. The van der Waals surface area contributed by atoms with Crippen molar-refractivity contribution < 1.29 is 24.2 Å². The van der Waals surface area contributed by atoms with Crippen LogP contribution >= 0.6 is 0 Å². The summed E-state index contributed by atoms with van der Waals surface area (Å²) in [7, 11) is 0. The number of amides is 2. The molecule has 2 aromatic carbocycles. The first-order valence-corrected chi connectivity index (χ1v) is 10.2. The van der Waals surface area contributed by atoms with Crippen molar-refractivity contribution in [1.82, 2.24) is 10.2 Å². The molecule has 7 heteroatoms. The van der Waals surface area contributed by atoms with Gasteiger partial charge in [-0.2, -0.15) is 0 Å². The number of aliphatic carboxylic acids is 1. The van der Waals surface area contributed by atoms with Crippen molar-refractivity contribution >= 4 is 18.0 Å². The van der Waals surface area contributed by atoms with E-state index in [9.17, 15) is 14.4 Å². The molecule has 31 heavy (non-hydrogen) atoms. The first-order valence-electron chi connectivity index (χ1n) is 10.2. The van der Waals surface area contributed by atoms with Gasteiger partial charge in [0.15, 0.2) is 0 Å². The molecular formula is C24H26N2O5. The molecule has 0 spiro atoms. The SMILES string of the molecule is C=CCC(NC(=O)OCC1c2ccccc2-c2ccccc21)C(=O)N(CC)CC(=O)O. The number of carboxylic acids is 1. The molecule has 1 unspecified atom stereocenters. The van der Waals surface area contributed by atoms with Crippen LogP contribution in [0.3, 0.4) is 0 Å². The fourth-order valence-corrected chi connectivity index (χ4v) is 3.90. The van der Waals surface area contributed by atoms with Crippen LogP contribution < -0.4 is 5.32 Å². The maximum Gasteiger partial charge on any atom is 0.407 e. The van der Waals surface area contributed by atoms with Gasteiger partial charge in [0.25, 0.3) is 0 Å². The number of nitrogens with one attached hydrogen (secondary N) is 1. The Kier molecular flexibility index (Phi) is 7.07. The number of ether oxygens (including phenoxy) is 1. The van der Waals surface area contributed by atoms with Crippen molar-refractivity contribution in [2.45, 2.75) is 25.3 Å². The lowest BCUT2D eigenvalue weighted by molar-refractivity contribution is -0.145. The molecule has 0 saturated carbocycles. The van der Waals surface area contributed by atoms with E-state index in [1.807, 2.05) is 36.4 Å². The highest BCUT2D eigenvalue weighted by molar-refractivity contribution is 5.88. The molecule has 1 aliphatic rings. The lowest BCUT2D eigenvalue weighted by Crippen LogP contribution is -2.49. The minimum atomic E-state index is -1.12. The van der Waals surface area contributed by atoms with E-state index < -0.39 is 30.6 Å². The molecule has 0 aliphatic heterocycles. The molecule has 1 atom stereocenters. The van der Waals surface area contributed by atoms with Crippen LogP contribution in [0.15, 0.2) is 61.2 Å². The third-order valence-corrected chi connectivity index (χ3v) is 5.36. The molecule has 0 heterocycles. The van der Waals surface area contributed by atoms with E-state index in [2.05, 4.69) is 24.0 Å². The highest BCUT2D eigenvalue weighted by Gasteiger charge is 2.30. The monoisotopic (exact) mass is 422 g/mol. The van der Waals surface area contributed by atoms with Gasteiger partial charge in [-0.25, -0.2) is 4.79 Å². The Balaban J connectivity index is 1.68. The van der Waals surface area contributed by atoms with Crippen LogP contribution in [-0.4, -0.2) is 53.7 Å². The predicted octanol–water partition coefficient (Wildman–Crippen LogP) is 3.40. The largest absolute Gasteiger partial charge is 0.480 e. The predicted molar refractivity (Wildman–Crippen MR) is 117 cm³/mol. The second kappa shape index (κ2) is 9.93. The summed E-state index contributed by atoms with van der Waals surface area (Å²) in [5, 5.41) is 11.6. The summed E-state index contributed by atoms with van der Waals surface area (Å²) < 4.78 is 5.49. The lowest BCUT2D eigenvalue weighted by atomic mass is 9.98. The zero-order valence-corrected chi connectivity index (χ0v) is 17.4. The molecule has 2 aromatic rings. The Morgan fingerprint density at radius 3 is 2.23 bits per heavy atom. The zero-order valence-electron chi connectivity index (χ0n) is 17.4. The molecule has 0 radical (unpaired) electrons. The fraction of sp³-hybridized carbons (Fsp3) is 0.292. The number of alkyl carbamates (subject to hydrolysis) is 1. The number of hydrogen-bond donors (Lipinski definition) is 2. The van der Waals surface area contributed by atoms with Gasteiger partial charge >= 0.3 is 12.1 Å². The summed E-state index contributed by atoms with van der Waals surface area (Å²) in [5.74, 6) is -1.70. The maximum absolute atomic E-state index is 12.7. The van der Waals surface area contributed by atoms with E-state index >= 15 is 0 Å². The average molecular weight is 422 g/mol. The Labute approximate surface area is 181 Å². The van der Waals surface area contributed by atoms with Crippen LogP contribution in [0.2, 0.25) is 0 Å². The van der Waals surface area contributed by atoms with E-state index in [-0.39, 0.29) is 25.5 Å². The van der Waals surface area contributed by atoms with Crippen LogP contribution in [0.25, 0.3) is 11.1 Å².